The van der Waals surface area contributed by atoms with Gasteiger partial charge < -0.3 is 14.6 Å². The standard InChI is InChI=1S/C26H33O3P/c1-8-20-9-10-24(23(20)15-27)30(21-11-16(2)25(28-6)17(3)12-21)22-13-18(4)26(29-7)19(5)14-22/h9-14,23,27H,8,15H2,1-7H3. The van der Waals surface area contributed by atoms with Gasteiger partial charge >= 0.3 is 0 Å². The third-order valence-electron chi connectivity index (χ3n) is 5.94. The highest BCUT2D eigenvalue weighted by Gasteiger charge is 2.31. The van der Waals surface area contributed by atoms with Gasteiger partial charge in [-0.2, -0.15) is 0 Å². The number of benzene rings is 2. The quantitative estimate of drug-likeness (QED) is 0.620. The van der Waals surface area contributed by atoms with Gasteiger partial charge in [-0.15, -0.1) is 0 Å². The van der Waals surface area contributed by atoms with Crippen molar-refractivity contribution in [1.82, 2.24) is 0 Å². The number of allylic oxidation sites excluding steroid dienone is 2. The fraction of sp³-hybridized carbons (Fsp3) is 0.385. The van der Waals surface area contributed by atoms with Crippen LogP contribution in [0.2, 0.25) is 0 Å². The SMILES string of the molecule is CCC1=CC=C(P(c2cc(C)c(OC)c(C)c2)c2cc(C)c(OC)c(C)c2)C1CO. The van der Waals surface area contributed by atoms with E-state index in [2.05, 4.69) is 71.0 Å². The second-order valence-electron chi connectivity index (χ2n) is 7.98. The van der Waals surface area contributed by atoms with Crippen LogP contribution in [-0.4, -0.2) is 25.9 Å². The molecular weight excluding hydrogens is 391 g/mol. The van der Waals surface area contributed by atoms with Gasteiger partial charge in [0.25, 0.3) is 0 Å². The Morgan fingerprint density at radius 1 is 0.800 bits per heavy atom. The Morgan fingerprint density at radius 2 is 1.23 bits per heavy atom. The van der Waals surface area contributed by atoms with Gasteiger partial charge in [0, 0.05) is 5.92 Å². The van der Waals surface area contributed by atoms with Crippen molar-refractivity contribution in [3.63, 3.8) is 0 Å². The molecule has 0 fully saturated rings. The van der Waals surface area contributed by atoms with Gasteiger partial charge in [-0.25, -0.2) is 0 Å². The van der Waals surface area contributed by atoms with Crippen molar-refractivity contribution in [3.8, 4) is 11.5 Å². The van der Waals surface area contributed by atoms with E-state index in [1.807, 2.05) is 0 Å². The van der Waals surface area contributed by atoms with Crippen LogP contribution >= 0.6 is 7.92 Å². The molecular formula is C26H33O3P. The smallest absolute Gasteiger partial charge is 0.124 e. The maximum Gasteiger partial charge on any atom is 0.124 e. The van der Waals surface area contributed by atoms with Crippen molar-refractivity contribution >= 4 is 18.5 Å². The van der Waals surface area contributed by atoms with Gasteiger partial charge in [-0.05, 0) is 104 Å². The van der Waals surface area contributed by atoms with E-state index in [1.165, 1.54) is 21.5 Å². The molecule has 1 unspecified atom stereocenters. The first-order valence-electron chi connectivity index (χ1n) is 10.5. The summed E-state index contributed by atoms with van der Waals surface area (Å²) in [6.45, 7) is 10.7. The van der Waals surface area contributed by atoms with Crippen LogP contribution in [0.1, 0.15) is 35.6 Å². The molecule has 2 aromatic rings. The maximum atomic E-state index is 10.3. The van der Waals surface area contributed by atoms with Crippen LogP contribution in [-0.2, 0) is 0 Å². The van der Waals surface area contributed by atoms with Crippen molar-refractivity contribution in [1.29, 1.82) is 0 Å². The van der Waals surface area contributed by atoms with Crippen LogP contribution in [0.15, 0.2) is 47.3 Å². The summed E-state index contributed by atoms with van der Waals surface area (Å²) in [5, 5.41) is 14.2. The molecule has 0 heterocycles. The number of rotatable bonds is 7. The molecule has 1 atom stereocenters. The highest BCUT2D eigenvalue weighted by atomic mass is 31.1. The Bertz CT molecular complexity index is 898. The molecule has 0 saturated carbocycles. The Kier molecular flexibility index (Phi) is 7.06. The average molecular weight is 425 g/mol. The normalized spacial score (nSPS) is 16.0. The summed E-state index contributed by atoms with van der Waals surface area (Å²) in [4.78, 5) is 0. The molecule has 3 nitrogen and oxygen atoms in total. The second-order valence-corrected chi connectivity index (χ2v) is 10.2. The highest BCUT2D eigenvalue weighted by Crippen LogP contribution is 2.52. The van der Waals surface area contributed by atoms with Gasteiger partial charge in [-0.3, -0.25) is 0 Å². The van der Waals surface area contributed by atoms with E-state index >= 15 is 0 Å². The molecule has 0 saturated heterocycles. The van der Waals surface area contributed by atoms with Gasteiger partial charge in [0.2, 0.25) is 0 Å². The number of aliphatic hydroxyl groups is 1. The molecule has 3 rings (SSSR count). The second kappa shape index (κ2) is 9.37. The largest absolute Gasteiger partial charge is 0.496 e. The predicted octanol–water partition coefficient (Wildman–Crippen LogP) is 5.21. The minimum absolute atomic E-state index is 0.0894. The molecule has 0 bridgehead atoms. The van der Waals surface area contributed by atoms with Gasteiger partial charge in [0.05, 0.1) is 20.8 Å². The summed E-state index contributed by atoms with van der Waals surface area (Å²) in [7, 11) is 2.67. The molecule has 0 aromatic heterocycles. The van der Waals surface area contributed by atoms with E-state index in [-0.39, 0.29) is 12.5 Å². The zero-order chi connectivity index (χ0) is 22.0. The first-order valence-corrected chi connectivity index (χ1v) is 11.8. The fourth-order valence-electron chi connectivity index (χ4n) is 4.62. The number of methoxy groups -OCH3 is 2. The molecule has 0 amide bonds. The number of hydrogen-bond donors (Lipinski definition) is 1. The van der Waals surface area contributed by atoms with Crippen molar-refractivity contribution in [2.75, 3.05) is 20.8 Å². The van der Waals surface area contributed by atoms with Crippen LogP contribution in [0.3, 0.4) is 0 Å². The van der Waals surface area contributed by atoms with Crippen molar-refractivity contribution in [3.05, 3.63) is 69.6 Å². The molecule has 0 radical (unpaired) electrons. The lowest BCUT2D eigenvalue weighted by Gasteiger charge is -2.28. The van der Waals surface area contributed by atoms with Crippen molar-refractivity contribution in [2.24, 2.45) is 5.92 Å². The summed E-state index contributed by atoms with van der Waals surface area (Å²) in [6, 6.07) is 9.02. The highest BCUT2D eigenvalue weighted by molar-refractivity contribution is 7.76. The van der Waals surface area contributed by atoms with Crippen LogP contribution in [0.25, 0.3) is 0 Å². The molecule has 0 spiro atoms. The van der Waals surface area contributed by atoms with Crippen LogP contribution in [0, 0.1) is 33.6 Å². The number of aryl methyl sites for hydroxylation is 4. The van der Waals surface area contributed by atoms with E-state index < -0.39 is 7.92 Å². The Labute approximate surface area is 182 Å². The van der Waals surface area contributed by atoms with E-state index in [0.29, 0.717) is 0 Å². The number of ether oxygens (including phenoxy) is 2. The molecule has 1 N–H and O–H groups in total. The van der Waals surface area contributed by atoms with Crippen LogP contribution in [0.4, 0.5) is 0 Å². The van der Waals surface area contributed by atoms with Crippen LogP contribution in [0.5, 0.6) is 11.5 Å². The monoisotopic (exact) mass is 424 g/mol. The lowest BCUT2D eigenvalue weighted by Crippen LogP contribution is -2.20. The van der Waals surface area contributed by atoms with E-state index in [0.717, 1.165) is 40.2 Å². The summed E-state index contributed by atoms with van der Waals surface area (Å²) in [5.74, 6) is 1.98. The summed E-state index contributed by atoms with van der Waals surface area (Å²) in [5.41, 5.74) is 5.88. The zero-order valence-electron chi connectivity index (χ0n) is 19.2. The number of hydrogen-bond acceptors (Lipinski definition) is 3. The molecule has 1 aliphatic rings. The topological polar surface area (TPSA) is 38.7 Å². The molecule has 1 aliphatic carbocycles. The average Bonchev–Trinajstić information content (AvgIpc) is 3.10. The summed E-state index contributed by atoms with van der Waals surface area (Å²) < 4.78 is 11.2. The van der Waals surface area contributed by atoms with Gasteiger partial charge in [0.1, 0.15) is 11.5 Å². The summed E-state index contributed by atoms with van der Waals surface area (Å²) in [6.07, 6.45) is 5.41. The summed E-state index contributed by atoms with van der Waals surface area (Å²) >= 11 is 0. The van der Waals surface area contributed by atoms with E-state index in [1.54, 1.807) is 14.2 Å². The van der Waals surface area contributed by atoms with E-state index in [4.69, 9.17) is 9.47 Å². The minimum Gasteiger partial charge on any atom is -0.496 e. The third kappa shape index (κ3) is 4.06. The molecule has 0 aliphatic heterocycles. The Hall–Kier alpha value is -2.09. The minimum atomic E-state index is -0.791. The third-order valence-corrected chi connectivity index (χ3v) is 8.46. The predicted molar refractivity (Wildman–Crippen MR) is 128 cm³/mol. The number of aliphatic hydroxyl groups excluding tert-OH is 1. The van der Waals surface area contributed by atoms with Gasteiger partial charge in [0.15, 0.2) is 0 Å². The van der Waals surface area contributed by atoms with Crippen molar-refractivity contribution in [2.45, 2.75) is 41.0 Å². The molecule has 160 valence electrons. The fourth-order valence-corrected chi connectivity index (χ4v) is 7.59. The lowest BCUT2D eigenvalue weighted by molar-refractivity contribution is 0.266. The van der Waals surface area contributed by atoms with E-state index in [9.17, 15) is 5.11 Å². The van der Waals surface area contributed by atoms with Crippen molar-refractivity contribution < 1.29 is 14.6 Å². The zero-order valence-corrected chi connectivity index (χ0v) is 20.1. The first kappa shape index (κ1) is 22.6. The Morgan fingerprint density at radius 3 is 1.57 bits per heavy atom. The van der Waals surface area contributed by atoms with Gasteiger partial charge in [-0.1, -0.05) is 24.6 Å². The molecule has 30 heavy (non-hydrogen) atoms. The molecule has 2 aromatic carbocycles. The first-order chi connectivity index (χ1) is 14.4. The molecule has 4 heteroatoms. The van der Waals surface area contributed by atoms with Crippen LogP contribution < -0.4 is 20.1 Å². The maximum absolute atomic E-state index is 10.3. The Balaban J connectivity index is 2.21. The lowest BCUT2D eigenvalue weighted by atomic mass is 10.0.